The number of aliphatic carboxylic acids is 1. The maximum atomic E-state index is 14.3. The molecule has 0 atom stereocenters. The van der Waals surface area contributed by atoms with Crippen molar-refractivity contribution >= 4 is 16.9 Å². The quantitative estimate of drug-likeness (QED) is 0.516. The molecule has 3 aromatic rings. The molecule has 1 aromatic heterocycles. The summed E-state index contributed by atoms with van der Waals surface area (Å²) in [5.41, 5.74) is 3.51. The number of nitrogens with zero attached hydrogens (tertiary/aromatic N) is 1. The zero-order valence-electron chi connectivity index (χ0n) is 18.3. The minimum absolute atomic E-state index is 0.134. The van der Waals surface area contributed by atoms with Crippen LogP contribution in [0.4, 0.5) is 8.78 Å². The Morgan fingerprint density at radius 2 is 1.64 bits per heavy atom. The van der Waals surface area contributed by atoms with Crippen molar-refractivity contribution in [2.24, 2.45) is 5.92 Å². The molecule has 2 fully saturated rings. The van der Waals surface area contributed by atoms with Gasteiger partial charge in [-0.15, -0.1) is 0 Å². The monoisotopic (exact) mass is 455 g/mol. The van der Waals surface area contributed by atoms with Gasteiger partial charge in [-0.1, -0.05) is 0 Å². The van der Waals surface area contributed by atoms with E-state index in [-0.39, 0.29) is 23.5 Å². The molecule has 2 N–H and O–H groups in total. The topological polar surface area (TPSA) is 71.7 Å². The Kier molecular flexibility index (Phi) is 5.83. The van der Waals surface area contributed by atoms with Crippen LogP contribution in [0.15, 0.2) is 36.4 Å². The highest BCUT2D eigenvalue weighted by atomic mass is 19.2. The summed E-state index contributed by atoms with van der Waals surface area (Å²) in [6.07, 6.45) is 4.29. The van der Waals surface area contributed by atoms with Crippen LogP contribution < -0.4 is 0 Å². The Bertz CT molecular complexity index is 1190. The first-order chi connectivity index (χ1) is 15.9. The number of fused-ring (bicyclic) bond motifs is 1. The highest BCUT2D eigenvalue weighted by molar-refractivity contribution is 5.89. The summed E-state index contributed by atoms with van der Waals surface area (Å²) in [6.45, 7) is 1.25. The van der Waals surface area contributed by atoms with Crippen molar-refractivity contribution in [3.8, 4) is 11.4 Å². The van der Waals surface area contributed by atoms with Crippen molar-refractivity contribution < 1.29 is 28.5 Å². The molecule has 1 saturated carbocycles. The molecule has 1 saturated heterocycles. The summed E-state index contributed by atoms with van der Waals surface area (Å²) in [6, 6.07) is 9.11. The Morgan fingerprint density at radius 1 is 0.909 bits per heavy atom. The summed E-state index contributed by atoms with van der Waals surface area (Å²) in [4.78, 5) is 11.5. The van der Waals surface area contributed by atoms with Crippen LogP contribution in [0, 0.1) is 17.6 Å². The second-order valence-corrected chi connectivity index (χ2v) is 9.21. The second kappa shape index (κ2) is 8.78. The fourth-order valence-corrected chi connectivity index (χ4v) is 5.66. The van der Waals surface area contributed by atoms with Crippen molar-refractivity contribution in [3.05, 3.63) is 59.3 Å². The number of aromatic hydroxyl groups is 1. The van der Waals surface area contributed by atoms with Gasteiger partial charge in [0.2, 0.25) is 0 Å². The predicted molar refractivity (Wildman–Crippen MR) is 120 cm³/mol. The maximum Gasteiger partial charge on any atom is 0.306 e. The third kappa shape index (κ3) is 3.99. The number of halogens is 2. The normalized spacial score (nSPS) is 22.0. The molecule has 1 aliphatic carbocycles. The van der Waals surface area contributed by atoms with Crippen LogP contribution >= 0.6 is 0 Å². The molecule has 5 rings (SSSR count). The number of ether oxygens (including phenoxy) is 1. The highest BCUT2D eigenvalue weighted by Crippen LogP contribution is 2.47. The molecule has 1 aliphatic heterocycles. The zero-order chi connectivity index (χ0) is 23.1. The first kappa shape index (κ1) is 21.9. The summed E-state index contributed by atoms with van der Waals surface area (Å²) in [5.74, 6) is -2.45. The van der Waals surface area contributed by atoms with Gasteiger partial charge >= 0.3 is 5.97 Å². The second-order valence-electron chi connectivity index (χ2n) is 9.21. The zero-order valence-corrected chi connectivity index (χ0v) is 18.3. The molecule has 33 heavy (non-hydrogen) atoms. The number of carbonyl (C=O) groups is 1. The molecule has 7 heteroatoms. The van der Waals surface area contributed by atoms with E-state index in [2.05, 4.69) is 0 Å². The average Bonchev–Trinajstić information content (AvgIpc) is 3.15. The lowest BCUT2D eigenvalue weighted by molar-refractivity contribution is -0.142. The van der Waals surface area contributed by atoms with Crippen LogP contribution in [-0.4, -0.2) is 34.0 Å². The minimum atomic E-state index is -0.908. The lowest BCUT2D eigenvalue weighted by Crippen LogP contribution is -2.23. The van der Waals surface area contributed by atoms with Crippen LogP contribution in [0.5, 0.6) is 5.75 Å². The lowest BCUT2D eigenvalue weighted by atomic mass is 9.76. The number of phenols is 1. The van der Waals surface area contributed by atoms with E-state index in [0.717, 1.165) is 53.9 Å². The highest BCUT2D eigenvalue weighted by Gasteiger charge is 2.34. The van der Waals surface area contributed by atoms with Gasteiger partial charge < -0.3 is 19.5 Å². The van der Waals surface area contributed by atoms with E-state index in [9.17, 15) is 23.8 Å². The van der Waals surface area contributed by atoms with Crippen LogP contribution in [0.3, 0.4) is 0 Å². The number of benzene rings is 2. The van der Waals surface area contributed by atoms with E-state index >= 15 is 0 Å². The van der Waals surface area contributed by atoms with Crippen LogP contribution in [0.2, 0.25) is 0 Å². The molecule has 174 valence electrons. The lowest BCUT2D eigenvalue weighted by Gasteiger charge is -2.30. The van der Waals surface area contributed by atoms with E-state index in [1.807, 2.05) is 10.6 Å². The molecular formula is C26H27F2NO4. The fraction of sp³-hybridized carbons (Fsp3) is 0.423. The van der Waals surface area contributed by atoms with E-state index in [4.69, 9.17) is 4.74 Å². The molecular weight excluding hydrogens is 428 g/mol. The standard InChI is InChI=1S/C26H27F2NO4/c27-21-7-5-18(13-22(21)28)29-23-8-6-19(30)14-20(23)24(25(29)16-9-11-33-12-10-16)15-1-3-17(4-2-15)26(31)32/h5-8,13-17,30H,1-4,9-12H2,(H,31,32). The molecule has 0 bridgehead atoms. The first-order valence-corrected chi connectivity index (χ1v) is 11.6. The Balaban J connectivity index is 1.73. The van der Waals surface area contributed by atoms with Gasteiger partial charge in [-0.2, -0.15) is 0 Å². The number of hydrogen-bond acceptors (Lipinski definition) is 3. The summed E-state index contributed by atoms with van der Waals surface area (Å²) in [7, 11) is 0. The summed E-state index contributed by atoms with van der Waals surface area (Å²) in [5, 5.41) is 20.6. The largest absolute Gasteiger partial charge is 0.508 e. The number of phenolic OH excluding ortho intramolecular Hbond substituents is 1. The van der Waals surface area contributed by atoms with Gasteiger partial charge in [-0.25, -0.2) is 8.78 Å². The van der Waals surface area contributed by atoms with Crippen molar-refractivity contribution in [1.82, 2.24) is 4.57 Å². The molecule has 2 aromatic carbocycles. The third-order valence-corrected chi connectivity index (χ3v) is 7.28. The van der Waals surface area contributed by atoms with Crippen molar-refractivity contribution in [1.29, 1.82) is 0 Å². The molecule has 0 spiro atoms. The van der Waals surface area contributed by atoms with Crippen molar-refractivity contribution in [3.63, 3.8) is 0 Å². The Labute approximate surface area is 190 Å². The van der Waals surface area contributed by atoms with Gasteiger partial charge in [0.15, 0.2) is 11.6 Å². The smallest absolute Gasteiger partial charge is 0.306 e. The summed E-state index contributed by atoms with van der Waals surface area (Å²) < 4.78 is 35.6. The maximum absolute atomic E-state index is 14.3. The Morgan fingerprint density at radius 3 is 2.30 bits per heavy atom. The van der Waals surface area contributed by atoms with Gasteiger partial charge in [0.1, 0.15) is 5.75 Å². The first-order valence-electron chi connectivity index (χ1n) is 11.6. The van der Waals surface area contributed by atoms with E-state index in [1.165, 1.54) is 6.07 Å². The van der Waals surface area contributed by atoms with Crippen molar-refractivity contribution in [2.45, 2.75) is 50.4 Å². The average molecular weight is 456 g/mol. The molecule has 0 amide bonds. The van der Waals surface area contributed by atoms with Crippen LogP contribution in [0.1, 0.15) is 61.6 Å². The van der Waals surface area contributed by atoms with E-state index in [0.29, 0.717) is 31.7 Å². The van der Waals surface area contributed by atoms with Gasteiger partial charge in [-0.05, 0) is 80.3 Å². The number of rotatable bonds is 4. The third-order valence-electron chi connectivity index (χ3n) is 7.28. The molecule has 2 aliphatic rings. The van der Waals surface area contributed by atoms with Crippen LogP contribution in [-0.2, 0) is 9.53 Å². The van der Waals surface area contributed by atoms with Gasteiger partial charge in [0.05, 0.1) is 11.4 Å². The fourth-order valence-electron chi connectivity index (χ4n) is 5.66. The minimum Gasteiger partial charge on any atom is -0.508 e. The van der Waals surface area contributed by atoms with E-state index in [1.54, 1.807) is 18.2 Å². The molecule has 5 nitrogen and oxygen atoms in total. The van der Waals surface area contributed by atoms with Gasteiger partial charge in [0, 0.05) is 42.0 Å². The Hall–Kier alpha value is -2.93. The number of aromatic nitrogens is 1. The predicted octanol–water partition coefficient (Wildman–Crippen LogP) is 5.87. The summed E-state index contributed by atoms with van der Waals surface area (Å²) >= 11 is 0. The van der Waals surface area contributed by atoms with E-state index < -0.39 is 17.6 Å². The van der Waals surface area contributed by atoms with Crippen LogP contribution in [0.25, 0.3) is 16.6 Å². The SMILES string of the molecule is O=C(O)C1CCC(c2c(C3CCOCC3)n(-c3ccc(F)c(F)c3)c3ccc(O)cc23)CC1. The van der Waals surface area contributed by atoms with Gasteiger partial charge in [-0.3, -0.25) is 4.79 Å². The molecule has 0 unspecified atom stereocenters. The number of carboxylic acid groups (broad SMARTS) is 1. The number of carboxylic acids is 1. The van der Waals surface area contributed by atoms with Crippen molar-refractivity contribution in [2.75, 3.05) is 13.2 Å². The number of hydrogen-bond donors (Lipinski definition) is 2. The molecule has 0 radical (unpaired) electrons. The molecule has 2 heterocycles. The van der Waals surface area contributed by atoms with Gasteiger partial charge in [0.25, 0.3) is 0 Å².